The highest BCUT2D eigenvalue weighted by molar-refractivity contribution is 6.35. The van der Waals surface area contributed by atoms with Gasteiger partial charge in [-0.25, -0.2) is 5.43 Å². The number of rotatable bonds is 4. The van der Waals surface area contributed by atoms with Crippen LogP contribution in [0.1, 0.15) is 18.4 Å². The summed E-state index contributed by atoms with van der Waals surface area (Å²) in [6.45, 7) is 1.02. The van der Waals surface area contributed by atoms with Crippen molar-refractivity contribution in [2.24, 2.45) is 5.10 Å². The molecule has 0 bridgehead atoms. The maximum atomic E-state index is 11.5. The summed E-state index contributed by atoms with van der Waals surface area (Å²) < 4.78 is 5.33. The van der Waals surface area contributed by atoms with Crippen molar-refractivity contribution in [2.45, 2.75) is 18.9 Å². The van der Waals surface area contributed by atoms with Gasteiger partial charge in [0.2, 0.25) is 0 Å². The second-order valence-electron chi connectivity index (χ2n) is 4.64. The lowest BCUT2D eigenvalue weighted by Gasteiger charge is -2.09. The van der Waals surface area contributed by atoms with Gasteiger partial charge in [0, 0.05) is 13.2 Å². The first-order valence-electron chi connectivity index (χ1n) is 6.67. The van der Waals surface area contributed by atoms with E-state index in [2.05, 4.69) is 15.8 Å². The van der Waals surface area contributed by atoms with Crippen LogP contribution in [0.5, 0.6) is 5.75 Å². The SMILES string of the molecule is O=C(NC[C@@H]1CCCO1)C(=O)N/N=C\c1cccc(O)c1. The molecular formula is C14H17N3O4. The Morgan fingerprint density at radius 1 is 1.43 bits per heavy atom. The van der Waals surface area contributed by atoms with Crippen molar-refractivity contribution in [3.05, 3.63) is 29.8 Å². The van der Waals surface area contributed by atoms with Gasteiger partial charge in [0.05, 0.1) is 12.3 Å². The zero-order valence-corrected chi connectivity index (χ0v) is 11.4. The second-order valence-corrected chi connectivity index (χ2v) is 4.64. The molecule has 7 nitrogen and oxygen atoms in total. The Bertz CT molecular complexity index is 539. The fraction of sp³-hybridized carbons (Fsp3) is 0.357. The quantitative estimate of drug-likeness (QED) is 0.417. The molecule has 1 heterocycles. The molecule has 1 aliphatic heterocycles. The number of aromatic hydroxyl groups is 1. The van der Waals surface area contributed by atoms with E-state index in [1.165, 1.54) is 18.3 Å². The molecule has 0 spiro atoms. The molecule has 1 saturated heterocycles. The maximum absolute atomic E-state index is 11.5. The van der Waals surface area contributed by atoms with Crippen LogP contribution in [0.2, 0.25) is 0 Å². The molecule has 21 heavy (non-hydrogen) atoms. The molecule has 0 aromatic heterocycles. The van der Waals surface area contributed by atoms with Crippen LogP contribution in [0.25, 0.3) is 0 Å². The molecule has 2 amide bonds. The minimum atomic E-state index is -0.843. The number of nitrogens with zero attached hydrogens (tertiary/aromatic N) is 1. The summed E-state index contributed by atoms with van der Waals surface area (Å²) in [4.78, 5) is 23.0. The second kappa shape index (κ2) is 7.39. The first-order chi connectivity index (χ1) is 10.1. The molecule has 7 heteroatoms. The van der Waals surface area contributed by atoms with E-state index in [4.69, 9.17) is 4.74 Å². The molecule has 1 aromatic carbocycles. The van der Waals surface area contributed by atoms with Crippen LogP contribution in [0.4, 0.5) is 0 Å². The van der Waals surface area contributed by atoms with Crippen LogP contribution in [-0.2, 0) is 14.3 Å². The summed E-state index contributed by atoms with van der Waals surface area (Å²) >= 11 is 0. The normalized spacial score (nSPS) is 17.8. The number of hydrogen-bond acceptors (Lipinski definition) is 5. The molecule has 0 aliphatic carbocycles. The van der Waals surface area contributed by atoms with Gasteiger partial charge in [0.15, 0.2) is 0 Å². The standard InChI is InChI=1S/C14H17N3O4/c18-11-4-1-3-10(7-11)8-16-17-14(20)13(19)15-9-12-5-2-6-21-12/h1,3-4,7-8,12,18H,2,5-6,9H2,(H,15,19)(H,17,20)/b16-8-/t12-/m0/s1. The highest BCUT2D eigenvalue weighted by Crippen LogP contribution is 2.10. The zero-order chi connectivity index (χ0) is 15.1. The predicted octanol–water partition coefficient (Wildman–Crippen LogP) is 0.138. The molecule has 0 unspecified atom stereocenters. The summed E-state index contributed by atoms with van der Waals surface area (Å²) in [6, 6.07) is 6.35. The molecule has 1 fully saturated rings. The van der Waals surface area contributed by atoms with Crippen molar-refractivity contribution < 1.29 is 19.4 Å². The minimum absolute atomic E-state index is 0.0162. The van der Waals surface area contributed by atoms with Crippen LogP contribution < -0.4 is 10.7 Å². The number of amides is 2. The number of benzene rings is 1. The van der Waals surface area contributed by atoms with E-state index in [0.717, 1.165) is 12.8 Å². The number of nitrogens with one attached hydrogen (secondary N) is 2. The van der Waals surface area contributed by atoms with E-state index < -0.39 is 11.8 Å². The molecule has 1 aliphatic rings. The maximum Gasteiger partial charge on any atom is 0.329 e. The van der Waals surface area contributed by atoms with Crippen molar-refractivity contribution >= 4 is 18.0 Å². The highest BCUT2D eigenvalue weighted by atomic mass is 16.5. The van der Waals surface area contributed by atoms with Crippen molar-refractivity contribution in [1.29, 1.82) is 0 Å². The average Bonchev–Trinajstić information content (AvgIpc) is 2.98. The van der Waals surface area contributed by atoms with Crippen molar-refractivity contribution in [2.75, 3.05) is 13.2 Å². The van der Waals surface area contributed by atoms with Gasteiger partial charge in [0.1, 0.15) is 5.75 Å². The van der Waals surface area contributed by atoms with Crippen molar-refractivity contribution in [3.63, 3.8) is 0 Å². The smallest absolute Gasteiger partial charge is 0.329 e. The molecule has 1 atom stereocenters. The highest BCUT2D eigenvalue weighted by Gasteiger charge is 2.18. The first kappa shape index (κ1) is 15.0. The Morgan fingerprint density at radius 3 is 3.00 bits per heavy atom. The van der Waals surface area contributed by atoms with Gasteiger partial charge in [0.25, 0.3) is 0 Å². The summed E-state index contributed by atoms with van der Waals surface area (Å²) in [5.41, 5.74) is 2.73. The van der Waals surface area contributed by atoms with Gasteiger partial charge in [-0.05, 0) is 30.5 Å². The summed E-state index contributed by atoms with van der Waals surface area (Å²) in [5.74, 6) is -1.50. The fourth-order valence-corrected chi connectivity index (χ4v) is 1.91. The predicted molar refractivity (Wildman–Crippen MR) is 75.8 cm³/mol. The van der Waals surface area contributed by atoms with E-state index in [1.807, 2.05) is 0 Å². The van der Waals surface area contributed by atoms with Crippen LogP contribution in [0, 0.1) is 0 Å². The van der Waals surface area contributed by atoms with Gasteiger partial charge in [-0.2, -0.15) is 5.10 Å². The Morgan fingerprint density at radius 2 is 2.29 bits per heavy atom. The Hall–Kier alpha value is -2.41. The van der Waals surface area contributed by atoms with Gasteiger partial charge < -0.3 is 15.2 Å². The van der Waals surface area contributed by atoms with Gasteiger partial charge in [-0.3, -0.25) is 9.59 Å². The largest absolute Gasteiger partial charge is 0.508 e. The third-order valence-corrected chi connectivity index (χ3v) is 2.97. The topological polar surface area (TPSA) is 100 Å². The zero-order valence-electron chi connectivity index (χ0n) is 11.4. The number of hydrazone groups is 1. The third-order valence-electron chi connectivity index (χ3n) is 2.97. The Balaban J connectivity index is 1.74. The van der Waals surface area contributed by atoms with E-state index in [9.17, 15) is 14.7 Å². The average molecular weight is 291 g/mol. The van der Waals surface area contributed by atoms with E-state index in [1.54, 1.807) is 12.1 Å². The number of phenolic OH excluding ortho intramolecular Hbond substituents is 1. The summed E-state index contributed by atoms with van der Waals surface area (Å²) in [7, 11) is 0. The van der Waals surface area contributed by atoms with Crippen molar-refractivity contribution in [3.8, 4) is 5.75 Å². The van der Waals surface area contributed by atoms with E-state index in [0.29, 0.717) is 18.7 Å². The van der Waals surface area contributed by atoms with E-state index >= 15 is 0 Å². The monoisotopic (exact) mass is 291 g/mol. The van der Waals surface area contributed by atoms with Crippen LogP contribution >= 0.6 is 0 Å². The van der Waals surface area contributed by atoms with Crippen LogP contribution in [0.15, 0.2) is 29.4 Å². The lowest BCUT2D eigenvalue weighted by atomic mass is 10.2. The van der Waals surface area contributed by atoms with Gasteiger partial charge in [-0.1, -0.05) is 12.1 Å². The summed E-state index contributed by atoms with van der Waals surface area (Å²) in [5, 5.41) is 15.4. The molecule has 0 saturated carbocycles. The van der Waals surface area contributed by atoms with E-state index in [-0.39, 0.29) is 11.9 Å². The molecular weight excluding hydrogens is 274 g/mol. The molecule has 3 N–H and O–H groups in total. The van der Waals surface area contributed by atoms with Crippen LogP contribution in [-0.4, -0.2) is 42.4 Å². The number of carbonyl (C=O) groups excluding carboxylic acids is 2. The third kappa shape index (κ3) is 4.88. The first-order valence-corrected chi connectivity index (χ1v) is 6.67. The summed E-state index contributed by atoms with van der Waals surface area (Å²) in [6.07, 6.45) is 3.18. The molecule has 1 aromatic rings. The Kier molecular flexibility index (Phi) is 5.28. The minimum Gasteiger partial charge on any atom is -0.508 e. The Labute approximate surface area is 122 Å². The van der Waals surface area contributed by atoms with Crippen LogP contribution in [0.3, 0.4) is 0 Å². The number of phenols is 1. The number of ether oxygens (including phenoxy) is 1. The van der Waals surface area contributed by atoms with Crippen molar-refractivity contribution in [1.82, 2.24) is 10.7 Å². The lowest BCUT2D eigenvalue weighted by molar-refractivity contribution is -0.139. The molecule has 2 rings (SSSR count). The fourth-order valence-electron chi connectivity index (χ4n) is 1.91. The number of hydrogen-bond donors (Lipinski definition) is 3. The molecule has 0 radical (unpaired) electrons. The van der Waals surface area contributed by atoms with Gasteiger partial charge >= 0.3 is 11.8 Å². The molecule has 112 valence electrons. The number of carbonyl (C=O) groups is 2. The van der Waals surface area contributed by atoms with Gasteiger partial charge in [-0.15, -0.1) is 0 Å². The lowest BCUT2D eigenvalue weighted by Crippen LogP contribution is -2.41.